The monoisotopic (exact) mass is 250 g/mol. The highest BCUT2D eigenvalue weighted by Gasteiger charge is 2.26. The zero-order valence-electron chi connectivity index (χ0n) is 9.53. The number of carbonyl (C=O) groups is 2. The molecule has 0 aliphatic heterocycles. The first kappa shape index (κ1) is 12.0. The molecule has 0 saturated heterocycles. The minimum atomic E-state index is -0.602. The van der Waals surface area contributed by atoms with Crippen LogP contribution < -0.4 is 10.6 Å². The van der Waals surface area contributed by atoms with Gasteiger partial charge in [0.25, 0.3) is 0 Å². The normalized spacial score (nSPS) is 14.2. The average Bonchev–Trinajstić information content (AvgIpc) is 3.13. The molecular weight excluding hydrogens is 236 g/mol. The van der Waals surface area contributed by atoms with Crippen molar-refractivity contribution in [2.45, 2.75) is 23.8 Å². The van der Waals surface area contributed by atoms with Crippen LogP contribution in [0.1, 0.15) is 12.8 Å². The van der Waals surface area contributed by atoms with Crippen LogP contribution in [0.15, 0.2) is 29.2 Å². The molecule has 1 aliphatic carbocycles. The molecule has 1 saturated carbocycles. The molecule has 0 atom stereocenters. The van der Waals surface area contributed by atoms with Crippen molar-refractivity contribution in [3.8, 4) is 0 Å². The van der Waals surface area contributed by atoms with Crippen LogP contribution in [-0.2, 0) is 9.59 Å². The fourth-order valence-corrected chi connectivity index (χ4v) is 1.83. The second-order valence-electron chi connectivity index (χ2n) is 3.93. The molecule has 17 heavy (non-hydrogen) atoms. The number of rotatable bonds is 3. The quantitative estimate of drug-likeness (QED) is 0.633. The van der Waals surface area contributed by atoms with E-state index in [0.29, 0.717) is 5.69 Å². The highest BCUT2D eigenvalue weighted by molar-refractivity contribution is 7.98. The number of nitrogens with one attached hydrogen (secondary N) is 2. The van der Waals surface area contributed by atoms with Gasteiger partial charge in [0, 0.05) is 16.6 Å². The zero-order chi connectivity index (χ0) is 12.3. The lowest BCUT2D eigenvalue weighted by molar-refractivity contribution is -0.136. The Kier molecular flexibility index (Phi) is 3.68. The molecule has 0 unspecified atom stereocenters. The second kappa shape index (κ2) is 5.23. The van der Waals surface area contributed by atoms with Gasteiger partial charge in [-0.15, -0.1) is 11.8 Å². The third kappa shape index (κ3) is 3.49. The molecule has 4 nitrogen and oxygen atoms in total. The molecule has 2 rings (SSSR count). The maximum absolute atomic E-state index is 11.5. The summed E-state index contributed by atoms with van der Waals surface area (Å²) < 4.78 is 0. The van der Waals surface area contributed by atoms with Gasteiger partial charge in [-0.1, -0.05) is 6.07 Å². The maximum atomic E-state index is 11.5. The van der Waals surface area contributed by atoms with Crippen molar-refractivity contribution in [3.05, 3.63) is 24.3 Å². The Morgan fingerprint density at radius 2 is 2.06 bits per heavy atom. The molecule has 0 bridgehead atoms. The summed E-state index contributed by atoms with van der Waals surface area (Å²) in [6.07, 6.45) is 3.91. The highest BCUT2D eigenvalue weighted by atomic mass is 32.2. The summed E-state index contributed by atoms with van der Waals surface area (Å²) in [5.74, 6) is -1.16. The van der Waals surface area contributed by atoms with Crippen LogP contribution in [0.4, 0.5) is 5.69 Å². The summed E-state index contributed by atoms with van der Waals surface area (Å²) in [6.45, 7) is 0. The molecule has 1 aliphatic rings. The van der Waals surface area contributed by atoms with E-state index in [2.05, 4.69) is 10.6 Å². The lowest BCUT2D eigenvalue weighted by Crippen LogP contribution is -2.36. The molecule has 0 radical (unpaired) electrons. The van der Waals surface area contributed by atoms with E-state index in [1.807, 2.05) is 24.5 Å². The predicted octanol–water partition coefficient (Wildman–Crippen LogP) is 1.63. The van der Waals surface area contributed by atoms with Crippen molar-refractivity contribution >= 4 is 29.3 Å². The smallest absolute Gasteiger partial charge is 0.313 e. The number of amides is 2. The number of hydrogen-bond donors (Lipinski definition) is 2. The lowest BCUT2D eigenvalue weighted by atomic mass is 10.3. The first-order valence-corrected chi connectivity index (χ1v) is 6.67. The molecule has 90 valence electrons. The number of anilines is 1. The van der Waals surface area contributed by atoms with Crippen molar-refractivity contribution < 1.29 is 9.59 Å². The van der Waals surface area contributed by atoms with Crippen LogP contribution in [0, 0.1) is 0 Å². The molecular formula is C12H14N2O2S. The fraction of sp³-hybridized carbons (Fsp3) is 0.333. The molecule has 0 aromatic heterocycles. The minimum Gasteiger partial charge on any atom is -0.345 e. The van der Waals surface area contributed by atoms with E-state index >= 15 is 0 Å². The van der Waals surface area contributed by atoms with Gasteiger partial charge >= 0.3 is 11.8 Å². The Hall–Kier alpha value is -1.49. The summed E-state index contributed by atoms with van der Waals surface area (Å²) in [7, 11) is 0. The number of carbonyl (C=O) groups excluding carboxylic acids is 2. The summed E-state index contributed by atoms with van der Waals surface area (Å²) >= 11 is 1.59. The van der Waals surface area contributed by atoms with Crippen molar-refractivity contribution in [1.82, 2.24) is 5.32 Å². The van der Waals surface area contributed by atoms with E-state index in [4.69, 9.17) is 0 Å². The van der Waals surface area contributed by atoms with Crippen molar-refractivity contribution in [2.24, 2.45) is 0 Å². The highest BCUT2D eigenvalue weighted by Crippen LogP contribution is 2.20. The van der Waals surface area contributed by atoms with Gasteiger partial charge in [-0.2, -0.15) is 0 Å². The minimum absolute atomic E-state index is 0.200. The number of benzene rings is 1. The maximum Gasteiger partial charge on any atom is 0.313 e. The second-order valence-corrected chi connectivity index (χ2v) is 4.81. The molecule has 1 aromatic carbocycles. The fourth-order valence-electron chi connectivity index (χ4n) is 1.37. The number of thioether (sulfide) groups is 1. The third-order valence-electron chi connectivity index (χ3n) is 2.45. The first-order chi connectivity index (χ1) is 8.19. The molecule has 5 heteroatoms. The molecule has 1 aromatic rings. The van der Waals surface area contributed by atoms with E-state index in [1.54, 1.807) is 17.8 Å². The number of hydrogen-bond acceptors (Lipinski definition) is 3. The van der Waals surface area contributed by atoms with Gasteiger partial charge in [-0.3, -0.25) is 9.59 Å². The van der Waals surface area contributed by atoms with Crippen molar-refractivity contribution in [1.29, 1.82) is 0 Å². The van der Waals surface area contributed by atoms with Crippen LogP contribution in [-0.4, -0.2) is 24.1 Å². The van der Waals surface area contributed by atoms with E-state index in [0.717, 1.165) is 17.7 Å². The van der Waals surface area contributed by atoms with Crippen LogP contribution in [0.2, 0.25) is 0 Å². The molecule has 2 N–H and O–H groups in total. The van der Waals surface area contributed by atoms with Gasteiger partial charge in [0.05, 0.1) is 0 Å². The van der Waals surface area contributed by atoms with Crippen LogP contribution in [0.5, 0.6) is 0 Å². The summed E-state index contributed by atoms with van der Waals surface area (Å²) in [5.41, 5.74) is 0.646. The van der Waals surface area contributed by atoms with Gasteiger partial charge in [0.2, 0.25) is 0 Å². The topological polar surface area (TPSA) is 58.2 Å². The lowest BCUT2D eigenvalue weighted by Gasteiger charge is -2.06. The average molecular weight is 250 g/mol. The van der Waals surface area contributed by atoms with E-state index < -0.39 is 11.8 Å². The molecule has 0 spiro atoms. The van der Waals surface area contributed by atoms with E-state index in [9.17, 15) is 9.59 Å². The predicted molar refractivity (Wildman–Crippen MR) is 68.0 cm³/mol. The Morgan fingerprint density at radius 3 is 2.71 bits per heavy atom. The SMILES string of the molecule is CSc1cccc(NC(=O)C(=O)NC2CC2)c1. The summed E-state index contributed by atoms with van der Waals surface area (Å²) in [5, 5.41) is 5.23. The van der Waals surface area contributed by atoms with Gasteiger partial charge in [-0.05, 0) is 37.3 Å². The molecule has 1 fully saturated rings. The van der Waals surface area contributed by atoms with Gasteiger partial charge in [0.15, 0.2) is 0 Å². The Labute approximate surface area is 104 Å². The Bertz CT molecular complexity index is 444. The van der Waals surface area contributed by atoms with Crippen molar-refractivity contribution in [2.75, 3.05) is 11.6 Å². The van der Waals surface area contributed by atoms with Gasteiger partial charge in [0.1, 0.15) is 0 Å². The largest absolute Gasteiger partial charge is 0.345 e. The van der Waals surface area contributed by atoms with Crippen LogP contribution in [0.3, 0.4) is 0 Å². The zero-order valence-corrected chi connectivity index (χ0v) is 10.3. The van der Waals surface area contributed by atoms with E-state index in [-0.39, 0.29) is 6.04 Å². The van der Waals surface area contributed by atoms with Crippen molar-refractivity contribution in [3.63, 3.8) is 0 Å². The van der Waals surface area contributed by atoms with Crippen LogP contribution in [0.25, 0.3) is 0 Å². The van der Waals surface area contributed by atoms with Gasteiger partial charge in [-0.25, -0.2) is 0 Å². The van der Waals surface area contributed by atoms with Gasteiger partial charge < -0.3 is 10.6 Å². The first-order valence-electron chi connectivity index (χ1n) is 5.45. The standard InChI is InChI=1S/C12H14N2O2S/c1-17-10-4-2-3-9(7-10)14-12(16)11(15)13-8-5-6-8/h2-4,7-8H,5-6H2,1H3,(H,13,15)(H,14,16). The summed E-state index contributed by atoms with van der Waals surface area (Å²) in [6, 6.07) is 7.60. The van der Waals surface area contributed by atoms with E-state index in [1.165, 1.54) is 0 Å². The van der Waals surface area contributed by atoms with Crippen LogP contribution >= 0.6 is 11.8 Å². The Morgan fingerprint density at radius 1 is 1.29 bits per heavy atom. The Balaban J connectivity index is 1.94. The molecule has 2 amide bonds. The summed E-state index contributed by atoms with van der Waals surface area (Å²) in [4.78, 5) is 24.0. The third-order valence-corrected chi connectivity index (χ3v) is 3.17. The molecule has 0 heterocycles.